The number of nitrogens with one attached hydrogen (secondary N) is 2. The van der Waals surface area contributed by atoms with Crippen molar-refractivity contribution in [3.05, 3.63) is 29.8 Å². The Kier molecular flexibility index (Phi) is 6.52. The van der Waals surface area contributed by atoms with Crippen LogP contribution in [0.25, 0.3) is 0 Å². The molecule has 0 aliphatic rings. The van der Waals surface area contributed by atoms with Gasteiger partial charge in [0.25, 0.3) is 5.91 Å². The molecule has 2 atom stereocenters. The topological polar surface area (TPSA) is 50.4 Å². The molecule has 2 N–H and O–H groups in total. The summed E-state index contributed by atoms with van der Waals surface area (Å²) in [6.07, 6.45) is -0.492. The van der Waals surface area contributed by atoms with Crippen LogP contribution < -0.4 is 15.4 Å². The summed E-state index contributed by atoms with van der Waals surface area (Å²) < 4.78 is 5.70. The Hall–Kier alpha value is -1.55. The molecule has 0 spiro atoms. The van der Waals surface area contributed by atoms with Crippen LogP contribution in [0, 0.1) is 5.92 Å². The van der Waals surface area contributed by atoms with Crippen molar-refractivity contribution in [2.75, 3.05) is 13.6 Å². The van der Waals surface area contributed by atoms with Crippen LogP contribution >= 0.6 is 0 Å². The molecule has 1 amide bonds. The first-order valence-corrected chi connectivity index (χ1v) is 7.15. The molecular weight excluding hydrogens is 252 g/mol. The number of ether oxygens (including phenoxy) is 1. The summed E-state index contributed by atoms with van der Waals surface area (Å²) in [5.74, 6) is 1.08. The van der Waals surface area contributed by atoms with E-state index in [2.05, 4.69) is 31.4 Å². The van der Waals surface area contributed by atoms with E-state index < -0.39 is 6.10 Å². The minimum atomic E-state index is -0.492. The summed E-state index contributed by atoms with van der Waals surface area (Å²) in [5, 5.41) is 6.06. The van der Waals surface area contributed by atoms with Gasteiger partial charge >= 0.3 is 0 Å². The molecule has 20 heavy (non-hydrogen) atoms. The van der Waals surface area contributed by atoms with Crippen LogP contribution in [-0.4, -0.2) is 25.6 Å². The summed E-state index contributed by atoms with van der Waals surface area (Å²) in [7, 11) is 1.92. The van der Waals surface area contributed by atoms with E-state index in [4.69, 9.17) is 4.74 Å². The van der Waals surface area contributed by atoms with Crippen molar-refractivity contribution in [3.63, 3.8) is 0 Å². The molecule has 2 unspecified atom stereocenters. The maximum atomic E-state index is 11.9. The Labute approximate surface area is 121 Å². The first-order chi connectivity index (χ1) is 9.43. The second-order valence-corrected chi connectivity index (χ2v) is 5.48. The van der Waals surface area contributed by atoms with Gasteiger partial charge in [-0.2, -0.15) is 0 Å². The number of rotatable bonds is 7. The molecular formula is C16H26N2O2. The highest BCUT2D eigenvalue weighted by Gasteiger charge is 2.15. The van der Waals surface area contributed by atoms with Crippen molar-refractivity contribution in [1.29, 1.82) is 0 Å². The van der Waals surface area contributed by atoms with Gasteiger partial charge in [-0.3, -0.25) is 4.79 Å². The fraction of sp³-hybridized carbons (Fsp3) is 0.562. The van der Waals surface area contributed by atoms with Gasteiger partial charge in [0.1, 0.15) is 5.75 Å². The summed E-state index contributed by atoms with van der Waals surface area (Å²) in [5.41, 5.74) is 1.14. The van der Waals surface area contributed by atoms with Gasteiger partial charge in [0.2, 0.25) is 0 Å². The minimum absolute atomic E-state index is 0.0780. The fourth-order valence-electron chi connectivity index (χ4n) is 1.73. The maximum Gasteiger partial charge on any atom is 0.260 e. The molecule has 0 aliphatic heterocycles. The Morgan fingerprint density at radius 2 is 1.95 bits per heavy atom. The second-order valence-electron chi connectivity index (χ2n) is 5.48. The van der Waals surface area contributed by atoms with Crippen LogP contribution in [0.5, 0.6) is 5.75 Å². The van der Waals surface area contributed by atoms with Crippen molar-refractivity contribution in [1.82, 2.24) is 10.6 Å². The number of amides is 1. The molecule has 0 aliphatic carbocycles. The fourth-order valence-corrected chi connectivity index (χ4v) is 1.73. The summed E-state index contributed by atoms with van der Waals surface area (Å²) in [4.78, 5) is 11.9. The molecule has 0 fully saturated rings. The van der Waals surface area contributed by atoms with Crippen molar-refractivity contribution in [2.45, 2.75) is 39.8 Å². The summed E-state index contributed by atoms with van der Waals surface area (Å²) >= 11 is 0. The van der Waals surface area contributed by atoms with E-state index in [0.717, 1.165) is 11.3 Å². The van der Waals surface area contributed by atoms with Crippen molar-refractivity contribution in [2.24, 2.45) is 5.92 Å². The van der Waals surface area contributed by atoms with Crippen LogP contribution in [0.4, 0.5) is 0 Å². The van der Waals surface area contributed by atoms with Gasteiger partial charge in [0.05, 0.1) is 0 Å². The molecule has 0 aromatic heterocycles. The number of hydrogen-bond donors (Lipinski definition) is 2. The predicted molar refractivity (Wildman–Crippen MR) is 81.9 cm³/mol. The molecule has 0 saturated heterocycles. The normalized spacial score (nSPS) is 13.9. The zero-order chi connectivity index (χ0) is 15.1. The molecule has 1 rings (SSSR count). The van der Waals surface area contributed by atoms with Crippen LogP contribution in [0.1, 0.15) is 39.3 Å². The van der Waals surface area contributed by atoms with Gasteiger partial charge < -0.3 is 15.4 Å². The number of benzene rings is 1. The highest BCUT2D eigenvalue weighted by Crippen LogP contribution is 2.19. The maximum absolute atomic E-state index is 11.9. The van der Waals surface area contributed by atoms with Crippen molar-refractivity contribution in [3.8, 4) is 5.75 Å². The predicted octanol–water partition coefficient (Wildman–Crippen LogP) is 2.51. The molecule has 4 heteroatoms. The molecule has 0 saturated carbocycles. The Bertz CT molecular complexity index is 432. The molecule has 0 radical (unpaired) electrons. The number of carbonyl (C=O) groups is 1. The lowest BCUT2D eigenvalue weighted by Gasteiger charge is -2.17. The summed E-state index contributed by atoms with van der Waals surface area (Å²) in [6.45, 7) is 8.65. The van der Waals surface area contributed by atoms with Crippen LogP contribution in [-0.2, 0) is 4.79 Å². The quantitative estimate of drug-likeness (QED) is 0.805. The SMILES string of the molecule is CNC(C)c1cccc(OC(C)C(=O)NCC(C)C)c1. The lowest BCUT2D eigenvalue weighted by atomic mass is 10.1. The number of hydrogen-bond acceptors (Lipinski definition) is 3. The average molecular weight is 278 g/mol. The zero-order valence-electron chi connectivity index (χ0n) is 13.1. The monoisotopic (exact) mass is 278 g/mol. The van der Waals surface area contributed by atoms with E-state index in [0.29, 0.717) is 12.5 Å². The first kappa shape index (κ1) is 16.5. The highest BCUT2D eigenvalue weighted by atomic mass is 16.5. The van der Waals surface area contributed by atoms with Gasteiger partial charge in [-0.1, -0.05) is 26.0 Å². The zero-order valence-corrected chi connectivity index (χ0v) is 13.1. The summed E-state index contributed by atoms with van der Waals surface area (Å²) in [6, 6.07) is 8.07. The smallest absolute Gasteiger partial charge is 0.260 e. The van der Waals surface area contributed by atoms with Crippen LogP contribution in [0.2, 0.25) is 0 Å². The minimum Gasteiger partial charge on any atom is -0.481 e. The van der Waals surface area contributed by atoms with E-state index in [1.165, 1.54) is 0 Å². The van der Waals surface area contributed by atoms with E-state index in [9.17, 15) is 4.79 Å². The van der Waals surface area contributed by atoms with E-state index >= 15 is 0 Å². The third kappa shape index (κ3) is 5.21. The van der Waals surface area contributed by atoms with Gasteiger partial charge in [-0.05, 0) is 44.5 Å². The molecule has 112 valence electrons. The van der Waals surface area contributed by atoms with E-state index in [1.807, 2.05) is 31.3 Å². The number of carbonyl (C=O) groups excluding carboxylic acids is 1. The molecule has 1 aromatic rings. The van der Waals surface area contributed by atoms with Crippen LogP contribution in [0.3, 0.4) is 0 Å². The lowest BCUT2D eigenvalue weighted by Crippen LogP contribution is -2.38. The van der Waals surface area contributed by atoms with E-state index in [-0.39, 0.29) is 11.9 Å². The average Bonchev–Trinajstić information content (AvgIpc) is 2.43. The third-order valence-electron chi connectivity index (χ3n) is 3.16. The molecule has 0 bridgehead atoms. The molecule has 1 aromatic carbocycles. The first-order valence-electron chi connectivity index (χ1n) is 7.15. The standard InChI is InChI=1S/C16H26N2O2/c1-11(2)10-18-16(19)13(4)20-15-8-6-7-14(9-15)12(3)17-5/h6-9,11-13,17H,10H2,1-5H3,(H,18,19). The Morgan fingerprint density at radius 1 is 1.25 bits per heavy atom. The molecule has 4 nitrogen and oxygen atoms in total. The van der Waals surface area contributed by atoms with Crippen molar-refractivity contribution >= 4 is 5.91 Å². The van der Waals surface area contributed by atoms with Crippen LogP contribution in [0.15, 0.2) is 24.3 Å². The Balaban J connectivity index is 2.61. The third-order valence-corrected chi connectivity index (χ3v) is 3.16. The highest BCUT2D eigenvalue weighted by molar-refractivity contribution is 5.80. The van der Waals surface area contributed by atoms with Gasteiger partial charge in [-0.15, -0.1) is 0 Å². The van der Waals surface area contributed by atoms with E-state index in [1.54, 1.807) is 6.92 Å². The van der Waals surface area contributed by atoms with Crippen molar-refractivity contribution < 1.29 is 9.53 Å². The van der Waals surface area contributed by atoms with Gasteiger partial charge in [0, 0.05) is 12.6 Å². The van der Waals surface area contributed by atoms with Gasteiger partial charge in [-0.25, -0.2) is 0 Å². The largest absolute Gasteiger partial charge is 0.481 e. The Morgan fingerprint density at radius 3 is 2.55 bits per heavy atom. The second kappa shape index (κ2) is 7.90. The molecule has 0 heterocycles. The van der Waals surface area contributed by atoms with Gasteiger partial charge in [0.15, 0.2) is 6.10 Å². The lowest BCUT2D eigenvalue weighted by molar-refractivity contribution is -0.127.